The van der Waals surface area contributed by atoms with Crippen molar-refractivity contribution < 1.29 is 14.9 Å². The molecule has 0 amide bonds. The van der Waals surface area contributed by atoms with Crippen molar-refractivity contribution in [2.45, 2.75) is 5.60 Å². The molecule has 0 saturated carbocycles. The van der Waals surface area contributed by atoms with Crippen LogP contribution in [0.2, 0.25) is 0 Å². The number of benzene rings is 2. The number of hydrogen-bond acceptors (Lipinski definition) is 3. The van der Waals surface area contributed by atoms with E-state index in [4.69, 9.17) is 11.2 Å². The molecule has 0 aliphatic carbocycles. The van der Waals surface area contributed by atoms with Gasteiger partial charge in [-0.05, 0) is 12.1 Å². The van der Waals surface area contributed by atoms with Crippen LogP contribution in [0.25, 0.3) is 0 Å². The third-order valence-electron chi connectivity index (χ3n) is 2.95. The van der Waals surface area contributed by atoms with E-state index in [0.29, 0.717) is 16.9 Å². The summed E-state index contributed by atoms with van der Waals surface area (Å²) in [6.45, 7) is 0. The van der Waals surface area contributed by atoms with Gasteiger partial charge < -0.3 is 14.9 Å². The molecule has 3 nitrogen and oxygen atoms in total. The summed E-state index contributed by atoms with van der Waals surface area (Å²) in [7, 11) is 1.48. The number of rotatable bonds is 3. The normalized spacial score (nSPS) is 13.3. The Labute approximate surface area is 112 Å². The summed E-state index contributed by atoms with van der Waals surface area (Å²) in [6, 6.07) is 13.4. The van der Waals surface area contributed by atoms with Crippen molar-refractivity contribution in [1.82, 2.24) is 0 Å². The van der Waals surface area contributed by atoms with Gasteiger partial charge in [-0.2, -0.15) is 0 Å². The zero-order valence-corrected chi connectivity index (χ0v) is 10.5. The second-order valence-electron chi connectivity index (χ2n) is 4.14. The molecule has 0 heterocycles. The van der Waals surface area contributed by atoms with Crippen molar-refractivity contribution in [3.63, 3.8) is 0 Å². The van der Waals surface area contributed by atoms with Crippen LogP contribution in [0.4, 0.5) is 0 Å². The topological polar surface area (TPSA) is 49.7 Å². The lowest BCUT2D eigenvalue weighted by Gasteiger charge is -2.24. The molecule has 3 heteroatoms. The highest BCUT2D eigenvalue weighted by Crippen LogP contribution is 2.33. The summed E-state index contributed by atoms with van der Waals surface area (Å²) in [5.41, 5.74) is -0.656. The molecule has 0 spiro atoms. The van der Waals surface area contributed by atoms with Crippen LogP contribution in [0.5, 0.6) is 11.5 Å². The first-order valence-corrected chi connectivity index (χ1v) is 5.74. The molecule has 96 valence electrons. The Morgan fingerprint density at radius 2 is 1.79 bits per heavy atom. The maximum atomic E-state index is 10.7. The van der Waals surface area contributed by atoms with E-state index in [9.17, 15) is 10.2 Å². The highest BCUT2D eigenvalue weighted by molar-refractivity contribution is 5.49. The molecule has 2 rings (SSSR count). The van der Waals surface area contributed by atoms with Gasteiger partial charge in [-0.3, -0.25) is 0 Å². The molecule has 1 unspecified atom stereocenters. The Morgan fingerprint density at radius 1 is 1.11 bits per heavy atom. The van der Waals surface area contributed by atoms with Crippen LogP contribution in [0.15, 0.2) is 48.5 Å². The van der Waals surface area contributed by atoms with Crippen LogP contribution >= 0.6 is 0 Å². The Kier molecular flexibility index (Phi) is 3.46. The van der Waals surface area contributed by atoms with Crippen LogP contribution in [-0.4, -0.2) is 17.3 Å². The van der Waals surface area contributed by atoms with Gasteiger partial charge in [0, 0.05) is 17.2 Å². The minimum absolute atomic E-state index is 0.0149. The van der Waals surface area contributed by atoms with Gasteiger partial charge in [-0.25, -0.2) is 0 Å². The average Bonchev–Trinajstić information content (AvgIpc) is 2.46. The lowest BCUT2D eigenvalue weighted by molar-refractivity contribution is 0.144. The van der Waals surface area contributed by atoms with Crippen molar-refractivity contribution in [3.05, 3.63) is 59.7 Å². The third-order valence-corrected chi connectivity index (χ3v) is 2.95. The predicted molar refractivity (Wildman–Crippen MR) is 72.9 cm³/mol. The highest BCUT2D eigenvalue weighted by Gasteiger charge is 2.30. The van der Waals surface area contributed by atoms with Crippen LogP contribution in [0.1, 0.15) is 11.1 Å². The zero-order valence-electron chi connectivity index (χ0n) is 10.5. The largest absolute Gasteiger partial charge is 0.508 e. The summed E-state index contributed by atoms with van der Waals surface area (Å²) in [6.07, 6.45) is 5.49. The number of aromatic hydroxyl groups is 1. The van der Waals surface area contributed by atoms with Gasteiger partial charge in [-0.15, -0.1) is 6.42 Å². The van der Waals surface area contributed by atoms with E-state index in [1.165, 1.54) is 19.2 Å². The number of phenols is 1. The van der Waals surface area contributed by atoms with Gasteiger partial charge >= 0.3 is 0 Å². The molecule has 2 aromatic carbocycles. The molecule has 0 bridgehead atoms. The quantitative estimate of drug-likeness (QED) is 0.826. The van der Waals surface area contributed by atoms with Crippen LogP contribution < -0.4 is 4.74 Å². The number of ether oxygens (including phenoxy) is 1. The second kappa shape index (κ2) is 5.05. The van der Waals surface area contributed by atoms with E-state index < -0.39 is 5.60 Å². The molecule has 0 aliphatic heterocycles. The van der Waals surface area contributed by atoms with E-state index in [1.807, 2.05) is 6.07 Å². The fraction of sp³-hybridized carbons (Fsp3) is 0.125. The summed E-state index contributed by atoms with van der Waals surface area (Å²) in [5.74, 6) is 2.79. The van der Waals surface area contributed by atoms with Crippen LogP contribution in [0, 0.1) is 12.3 Å². The first kappa shape index (κ1) is 13.0. The van der Waals surface area contributed by atoms with Crippen LogP contribution in [-0.2, 0) is 5.60 Å². The minimum atomic E-state index is -1.60. The fourth-order valence-corrected chi connectivity index (χ4v) is 1.92. The maximum absolute atomic E-state index is 10.7. The van der Waals surface area contributed by atoms with Crippen molar-refractivity contribution >= 4 is 0 Å². The van der Waals surface area contributed by atoms with Gasteiger partial charge in [0.1, 0.15) is 11.5 Å². The van der Waals surface area contributed by atoms with Gasteiger partial charge in [0.2, 0.25) is 0 Å². The molecule has 0 saturated heterocycles. The van der Waals surface area contributed by atoms with Gasteiger partial charge in [0.25, 0.3) is 0 Å². The summed E-state index contributed by atoms with van der Waals surface area (Å²) < 4.78 is 5.07. The second-order valence-corrected chi connectivity index (χ2v) is 4.14. The molecule has 1 atom stereocenters. The molecule has 2 N–H and O–H groups in total. The first-order valence-electron chi connectivity index (χ1n) is 5.74. The maximum Gasteiger partial charge on any atom is 0.176 e. The molecule has 0 aliphatic rings. The first-order chi connectivity index (χ1) is 9.10. The molecular weight excluding hydrogens is 240 g/mol. The number of methoxy groups -OCH3 is 1. The minimum Gasteiger partial charge on any atom is -0.508 e. The van der Waals surface area contributed by atoms with E-state index >= 15 is 0 Å². The molecule has 19 heavy (non-hydrogen) atoms. The van der Waals surface area contributed by atoms with Crippen molar-refractivity contribution in [1.29, 1.82) is 0 Å². The Morgan fingerprint density at radius 3 is 2.37 bits per heavy atom. The van der Waals surface area contributed by atoms with E-state index in [2.05, 4.69) is 5.92 Å². The SMILES string of the molecule is C#CC(O)(c1ccccc1)c1cc(O)cc(OC)c1. The molecule has 0 radical (unpaired) electrons. The molecule has 2 aromatic rings. The number of phenolic OH excluding ortho intramolecular Hbond substituents is 1. The number of aliphatic hydroxyl groups is 1. The van der Waals surface area contributed by atoms with E-state index in [1.54, 1.807) is 30.3 Å². The van der Waals surface area contributed by atoms with E-state index in [-0.39, 0.29) is 5.75 Å². The van der Waals surface area contributed by atoms with Gasteiger partial charge in [0.15, 0.2) is 5.60 Å². The number of terminal acetylenes is 1. The van der Waals surface area contributed by atoms with Gasteiger partial charge in [-0.1, -0.05) is 36.3 Å². The standard InChI is InChI=1S/C16H14O3/c1-3-16(18,12-7-5-4-6-8-12)13-9-14(17)11-15(10-13)19-2/h1,4-11,17-18H,2H3. The Balaban J connectivity index is 2.60. The van der Waals surface area contributed by atoms with Crippen molar-refractivity contribution in [3.8, 4) is 23.8 Å². The monoisotopic (exact) mass is 254 g/mol. The fourth-order valence-electron chi connectivity index (χ4n) is 1.92. The smallest absolute Gasteiger partial charge is 0.176 e. The summed E-state index contributed by atoms with van der Waals surface area (Å²) in [5, 5.41) is 20.4. The summed E-state index contributed by atoms with van der Waals surface area (Å²) in [4.78, 5) is 0. The highest BCUT2D eigenvalue weighted by atomic mass is 16.5. The van der Waals surface area contributed by atoms with Crippen LogP contribution in [0.3, 0.4) is 0 Å². The zero-order chi connectivity index (χ0) is 13.9. The molecular formula is C16H14O3. The van der Waals surface area contributed by atoms with Crippen molar-refractivity contribution in [2.75, 3.05) is 7.11 Å². The lowest BCUT2D eigenvalue weighted by atomic mass is 9.87. The third kappa shape index (κ3) is 2.40. The van der Waals surface area contributed by atoms with E-state index in [0.717, 1.165) is 0 Å². The molecule has 0 fully saturated rings. The average molecular weight is 254 g/mol. The summed E-state index contributed by atoms with van der Waals surface area (Å²) >= 11 is 0. The predicted octanol–water partition coefficient (Wildman–Crippen LogP) is 2.27. The van der Waals surface area contributed by atoms with Gasteiger partial charge in [0.05, 0.1) is 7.11 Å². The van der Waals surface area contributed by atoms with Crippen molar-refractivity contribution in [2.24, 2.45) is 0 Å². The Hall–Kier alpha value is -2.44. The molecule has 0 aromatic heterocycles. The Bertz CT molecular complexity index is 614. The lowest BCUT2D eigenvalue weighted by Crippen LogP contribution is -2.24. The number of hydrogen-bond donors (Lipinski definition) is 2.